The first-order valence-electron chi connectivity index (χ1n) is 11.9. The number of carbonyl (C=O) groups is 2. The maximum atomic E-state index is 11.9. The van der Waals surface area contributed by atoms with Crippen LogP contribution in [0.1, 0.15) is 23.9 Å². The molecule has 192 valence electrons. The van der Waals surface area contributed by atoms with E-state index in [0.29, 0.717) is 37.5 Å². The van der Waals surface area contributed by atoms with Crippen molar-refractivity contribution in [3.63, 3.8) is 0 Å². The Balaban J connectivity index is 1.47. The molecular weight excluding hydrogens is 472 g/mol. The molecule has 5 N–H and O–H groups in total. The zero-order valence-electron chi connectivity index (χ0n) is 20.7. The van der Waals surface area contributed by atoms with Crippen LogP contribution in [0.15, 0.2) is 60.7 Å². The molecule has 0 unspecified atom stereocenters. The number of benzene rings is 2. The summed E-state index contributed by atoms with van der Waals surface area (Å²) in [6, 6.07) is 15.3. The second-order valence-electron chi connectivity index (χ2n) is 8.84. The van der Waals surface area contributed by atoms with E-state index in [0.717, 1.165) is 33.1 Å². The number of nitrogens with one attached hydrogen (secondary N) is 2. The number of para-hydroxylation sites is 1. The average molecular weight is 503 g/mol. The standard InChI is InChI=1S/C27H30N6O4/c1-17(2)14-29-11-12-37-27(36)30-15-18-7-9-19(10-8-18)16-33-22(13-23(34)35)32-24-25(33)20-5-3-4-6-21(20)31-26(24)28/h3-10,29H,1,11-16H2,2H3,(H2,28,31)(H,30,36)(H,34,35). The number of amides is 1. The summed E-state index contributed by atoms with van der Waals surface area (Å²) in [6.07, 6.45) is -0.725. The van der Waals surface area contributed by atoms with Crippen molar-refractivity contribution in [1.82, 2.24) is 25.2 Å². The van der Waals surface area contributed by atoms with E-state index in [1.165, 1.54) is 0 Å². The summed E-state index contributed by atoms with van der Waals surface area (Å²) < 4.78 is 7.04. The molecule has 4 aromatic rings. The minimum atomic E-state index is -0.979. The zero-order chi connectivity index (χ0) is 26.4. The number of nitrogens with two attached hydrogens (primary N) is 1. The lowest BCUT2D eigenvalue weighted by atomic mass is 10.1. The van der Waals surface area contributed by atoms with Gasteiger partial charge in [-0.25, -0.2) is 14.8 Å². The number of anilines is 1. The normalized spacial score (nSPS) is 11.1. The molecule has 0 saturated heterocycles. The number of ether oxygens (including phenoxy) is 1. The molecule has 10 heteroatoms. The number of hydrogen-bond donors (Lipinski definition) is 4. The molecule has 0 atom stereocenters. The lowest BCUT2D eigenvalue weighted by Gasteiger charge is -2.12. The molecule has 0 fully saturated rings. The highest BCUT2D eigenvalue weighted by Crippen LogP contribution is 2.29. The maximum Gasteiger partial charge on any atom is 0.407 e. The molecule has 0 bridgehead atoms. The fourth-order valence-corrected chi connectivity index (χ4v) is 4.03. The predicted octanol–water partition coefficient (Wildman–Crippen LogP) is 3.23. The number of nitrogens with zero attached hydrogens (tertiary/aromatic N) is 3. The molecule has 10 nitrogen and oxygen atoms in total. The van der Waals surface area contributed by atoms with Crippen molar-refractivity contribution in [3.8, 4) is 0 Å². The van der Waals surface area contributed by atoms with E-state index in [-0.39, 0.29) is 18.8 Å². The summed E-state index contributed by atoms with van der Waals surface area (Å²) in [5.41, 5.74) is 11.0. The van der Waals surface area contributed by atoms with E-state index in [4.69, 9.17) is 10.5 Å². The number of carbonyl (C=O) groups excluding carboxylic acids is 1. The van der Waals surface area contributed by atoms with Crippen LogP contribution in [0.25, 0.3) is 21.9 Å². The number of carboxylic acid groups (broad SMARTS) is 1. The fourth-order valence-electron chi connectivity index (χ4n) is 4.03. The first-order chi connectivity index (χ1) is 17.8. The summed E-state index contributed by atoms with van der Waals surface area (Å²) in [6.45, 7) is 7.96. The van der Waals surface area contributed by atoms with Crippen molar-refractivity contribution in [2.45, 2.75) is 26.4 Å². The Kier molecular flexibility index (Phi) is 7.99. The van der Waals surface area contributed by atoms with Crippen LogP contribution < -0.4 is 16.4 Å². The SMILES string of the molecule is C=C(C)CNCCOC(=O)NCc1ccc(Cn2c(CC(=O)O)nc3c(N)nc4ccccc4c32)cc1. The third kappa shape index (κ3) is 6.42. The average Bonchev–Trinajstić information content (AvgIpc) is 3.21. The van der Waals surface area contributed by atoms with Crippen LogP contribution in [-0.2, 0) is 29.0 Å². The monoisotopic (exact) mass is 502 g/mol. The third-order valence-corrected chi connectivity index (χ3v) is 5.74. The quantitative estimate of drug-likeness (QED) is 0.181. The van der Waals surface area contributed by atoms with Gasteiger partial charge in [0.2, 0.25) is 0 Å². The van der Waals surface area contributed by atoms with E-state index in [1.54, 1.807) is 0 Å². The topological polar surface area (TPSA) is 144 Å². The lowest BCUT2D eigenvalue weighted by molar-refractivity contribution is -0.136. The van der Waals surface area contributed by atoms with Gasteiger partial charge in [-0.05, 0) is 24.1 Å². The van der Waals surface area contributed by atoms with Gasteiger partial charge in [0.05, 0.1) is 11.0 Å². The number of rotatable bonds is 11. The second kappa shape index (κ2) is 11.5. The van der Waals surface area contributed by atoms with Crippen molar-refractivity contribution in [2.75, 3.05) is 25.4 Å². The van der Waals surface area contributed by atoms with Crippen molar-refractivity contribution < 1.29 is 19.4 Å². The highest BCUT2D eigenvalue weighted by Gasteiger charge is 2.19. The summed E-state index contributed by atoms with van der Waals surface area (Å²) in [5, 5.41) is 16.2. The zero-order valence-corrected chi connectivity index (χ0v) is 20.7. The number of carboxylic acids is 1. The summed E-state index contributed by atoms with van der Waals surface area (Å²) in [7, 11) is 0. The molecule has 4 rings (SSSR count). The molecule has 2 heterocycles. The molecule has 2 aromatic heterocycles. The van der Waals surface area contributed by atoms with Gasteiger partial charge in [0, 0.05) is 31.6 Å². The largest absolute Gasteiger partial charge is 0.481 e. The number of nitrogen functional groups attached to an aromatic ring is 1. The third-order valence-electron chi connectivity index (χ3n) is 5.74. The highest BCUT2D eigenvalue weighted by atomic mass is 16.5. The van der Waals surface area contributed by atoms with Gasteiger partial charge in [-0.2, -0.15) is 0 Å². The number of fused-ring (bicyclic) bond motifs is 3. The van der Waals surface area contributed by atoms with Crippen LogP contribution in [-0.4, -0.2) is 51.4 Å². The van der Waals surface area contributed by atoms with Gasteiger partial charge in [-0.3, -0.25) is 4.79 Å². The summed E-state index contributed by atoms with van der Waals surface area (Å²) >= 11 is 0. The predicted molar refractivity (Wildman–Crippen MR) is 142 cm³/mol. The lowest BCUT2D eigenvalue weighted by Crippen LogP contribution is -2.28. The Labute approximate surface area is 214 Å². The molecule has 1 amide bonds. The Bertz CT molecular complexity index is 1450. The van der Waals surface area contributed by atoms with Gasteiger partial charge in [-0.15, -0.1) is 0 Å². The minimum absolute atomic E-state index is 0.241. The number of aromatic nitrogens is 3. The summed E-state index contributed by atoms with van der Waals surface area (Å²) in [4.78, 5) is 32.4. The Morgan fingerprint density at radius 2 is 1.84 bits per heavy atom. The van der Waals surface area contributed by atoms with Gasteiger partial charge in [0.25, 0.3) is 0 Å². The molecule has 0 aliphatic heterocycles. The van der Waals surface area contributed by atoms with Crippen molar-refractivity contribution in [1.29, 1.82) is 0 Å². The number of alkyl carbamates (subject to hydrolysis) is 1. The number of hydrogen-bond acceptors (Lipinski definition) is 7. The smallest absolute Gasteiger partial charge is 0.407 e. The molecular formula is C27H30N6O4. The van der Waals surface area contributed by atoms with Crippen molar-refractivity contribution in [2.24, 2.45) is 0 Å². The van der Waals surface area contributed by atoms with E-state index in [1.807, 2.05) is 60.0 Å². The molecule has 0 aliphatic carbocycles. The van der Waals surface area contributed by atoms with Crippen LogP contribution in [0.3, 0.4) is 0 Å². The van der Waals surface area contributed by atoms with Gasteiger partial charge in [-0.1, -0.05) is 54.6 Å². The van der Waals surface area contributed by atoms with Crippen LogP contribution in [0.4, 0.5) is 10.6 Å². The number of pyridine rings is 1. The van der Waals surface area contributed by atoms with Crippen LogP contribution in [0.5, 0.6) is 0 Å². The molecule has 37 heavy (non-hydrogen) atoms. The van der Waals surface area contributed by atoms with Crippen LogP contribution in [0, 0.1) is 0 Å². The first-order valence-corrected chi connectivity index (χ1v) is 11.9. The van der Waals surface area contributed by atoms with Gasteiger partial charge in [0.15, 0.2) is 5.82 Å². The van der Waals surface area contributed by atoms with Gasteiger partial charge >= 0.3 is 12.1 Å². The Hall–Kier alpha value is -4.44. The first kappa shape index (κ1) is 25.6. The van der Waals surface area contributed by atoms with Gasteiger partial charge in [0.1, 0.15) is 24.4 Å². The van der Waals surface area contributed by atoms with E-state index in [2.05, 4.69) is 27.2 Å². The van der Waals surface area contributed by atoms with Crippen molar-refractivity contribution >= 4 is 39.8 Å². The molecule has 2 aromatic carbocycles. The molecule has 0 saturated carbocycles. The van der Waals surface area contributed by atoms with E-state index < -0.39 is 12.1 Å². The molecule has 0 radical (unpaired) electrons. The number of aliphatic carboxylic acids is 1. The Morgan fingerprint density at radius 1 is 1.11 bits per heavy atom. The van der Waals surface area contributed by atoms with E-state index >= 15 is 0 Å². The molecule has 0 spiro atoms. The Morgan fingerprint density at radius 3 is 2.57 bits per heavy atom. The van der Waals surface area contributed by atoms with Crippen LogP contribution >= 0.6 is 0 Å². The second-order valence-corrected chi connectivity index (χ2v) is 8.84. The fraction of sp³-hybridized carbons (Fsp3) is 0.259. The molecule has 0 aliphatic rings. The highest BCUT2D eigenvalue weighted by molar-refractivity contribution is 6.06. The number of imidazole rings is 1. The minimum Gasteiger partial charge on any atom is -0.481 e. The van der Waals surface area contributed by atoms with Crippen LogP contribution in [0.2, 0.25) is 0 Å². The maximum absolute atomic E-state index is 11.9. The van der Waals surface area contributed by atoms with E-state index in [9.17, 15) is 14.7 Å². The van der Waals surface area contributed by atoms with Gasteiger partial charge < -0.3 is 30.8 Å². The summed E-state index contributed by atoms with van der Waals surface area (Å²) in [5.74, 6) is -0.315. The van der Waals surface area contributed by atoms with Crippen molar-refractivity contribution in [3.05, 3.63) is 77.6 Å².